The Morgan fingerprint density at radius 3 is 2.73 bits per heavy atom. The van der Waals surface area contributed by atoms with E-state index >= 15 is 0 Å². The fourth-order valence-corrected chi connectivity index (χ4v) is 2.24. The number of nitro benzene ring substituents is 1. The zero-order valence-corrected chi connectivity index (χ0v) is 12.4. The summed E-state index contributed by atoms with van der Waals surface area (Å²) in [5.41, 5.74) is 0.477. The Bertz CT molecular complexity index is 557. The van der Waals surface area contributed by atoms with Gasteiger partial charge in [-0.3, -0.25) is 20.2 Å². The molecule has 0 aromatic heterocycles. The number of alkyl halides is 2. The van der Waals surface area contributed by atoms with Crippen LogP contribution in [0.15, 0.2) is 24.3 Å². The first-order chi connectivity index (χ1) is 9.89. The van der Waals surface area contributed by atoms with Crippen LogP contribution in [0.5, 0.6) is 0 Å². The van der Waals surface area contributed by atoms with Crippen LogP contribution in [0.2, 0.25) is 0 Å². The minimum Gasteiger partial charge on any atom is -0.354 e. The minimum absolute atomic E-state index is 0. The highest BCUT2D eigenvalue weighted by Gasteiger charge is 2.42. The van der Waals surface area contributed by atoms with E-state index < -0.39 is 35.8 Å². The number of nitro groups is 1. The minimum atomic E-state index is -2.86. The lowest BCUT2D eigenvalue weighted by molar-refractivity contribution is -0.385. The quantitative estimate of drug-likeness (QED) is 0.633. The van der Waals surface area contributed by atoms with Gasteiger partial charge in [-0.15, -0.1) is 12.4 Å². The summed E-state index contributed by atoms with van der Waals surface area (Å²) in [5, 5.41) is 15.8. The molecule has 0 saturated carbocycles. The van der Waals surface area contributed by atoms with E-state index in [0.717, 1.165) is 0 Å². The van der Waals surface area contributed by atoms with Gasteiger partial charge in [-0.25, -0.2) is 8.78 Å². The number of hydrogen-bond donors (Lipinski definition) is 2. The van der Waals surface area contributed by atoms with Gasteiger partial charge in [0.2, 0.25) is 5.91 Å². The smallest absolute Gasteiger partial charge is 0.272 e. The average Bonchev–Trinajstić information content (AvgIpc) is 2.79. The largest absolute Gasteiger partial charge is 0.354 e. The van der Waals surface area contributed by atoms with Crippen molar-refractivity contribution in [3.63, 3.8) is 0 Å². The molecule has 0 bridgehead atoms. The number of para-hydroxylation sites is 1. The Kier molecular flexibility index (Phi) is 6.19. The molecule has 1 saturated heterocycles. The molecule has 0 aliphatic carbocycles. The molecule has 0 radical (unpaired) electrons. The first-order valence-corrected chi connectivity index (χ1v) is 6.50. The van der Waals surface area contributed by atoms with Gasteiger partial charge < -0.3 is 5.32 Å². The van der Waals surface area contributed by atoms with Crippen LogP contribution in [0.3, 0.4) is 0 Å². The van der Waals surface area contributed by atoms with Gasteiger partial charge in [0.05, 0.1) is 17.5 Å². The molecule has 1 aliphatic heterocycles. The Balaban J connectivity index is 0.00000242. The molecule has 1 fully saturated rings. The molecular weight excluding hydrogens is 320 g/mol. The van der Waals surface area contributed by atoms with Crippen molar-refractivity contribution in [1.29, 1.82) is 0 Å². The summed E-state index contributed by atoms with van der Waals surface area (Å²) in [7, 11) is 0. The molecule has 2 rings (SSSR count). The van der Waals surface area contributed by atoms with Crippen LogP contribution in [0, 0.1) is 10.1 Å². The van der Waals surface area contributed by atoms with Crippen LogP contribution in [0.1, 0.15) is 12.0 Å². The molecule has 6 nitrogen and oxygen atoms in total. The van der Waals surface area contributed by atoms with Crippen LogP contribution in [0.4, 0.5) is 14.5 Å². The highest BCUT2D eigenvalue weighted by molar-refractivity contribution is 5.85. The molecule has 1 aromatic carbocycles. The van der Waals surface area contributed by atoms with E-state index in [2.05, 4.69) is 10.6 Å². The van der Waals surface area contributed by atoms with Gasteiger partial charge in [0.25, 0.3) is 11.6 Å². The Morgan fingerprint density at radius 1 is 1.45 bits per heavy atom. The third-order valence-electron chi connectivity index (χ3n) is 3.31. The summed E-state index contributed by atoms with van der Waals surface area (Å²) in [6.07, 6.45) is -0.254. The van der Waals surface area contributed by atoms with Crippen molar-refractivity contribution in [1.82, 2.24) is 10.6 Å². The van der Waals surface area contributed by atoms with E-state index in [1.807, 2.05) is 0 Å². The lowest BCUT2D eigenvalue weighted by atomic mass is 10.1. The molecule has 0 spiro atoms. The zero-order chi connectivity index (χ0) is 15.5. The maximum Gasteiger partial charge on any atom is 0.272 e. The number of rotatable bonds is 5. The van der Waals surface area contributed by atoms with Crippen LogP contribution in [-0.4, -0.2) is 35.9 Å². The number of nitrogens with zero attached hydrogens (tertiary/aromatic N) is 1. The van der Waals surface area contributed by atoms with E-state index in [1.54, 1.807) is 18.2 Å². The van der Waals surface area contributed by atoms with E-state index in [1.165, 1.54) is 6.07 Å². The van der Waals surface area contributed by atoms with Crippen molar-refractivity contribution < 1.29 is 18.5 Å². The Hall–Kier alpha value is -1.80. The number of nitrogens with one attached hydrogen (secondary N) is 2. The van der Waals surface area contributed by atoms with Gasteiger partial charge in [-0.05, 0) is 6.42 Å². The number of benzene rings is 1. The van der Waals surface area contributed by atoms with Crippen molar-refractivity contribution >= 4 is 24.0 Å². The maximum absolute atomic E-state index is 13.0. The highest BCUT2D eigenvalue weighted by Crippen LogP contribution is 2.25. The van der Waals surface area contributed by atoms with Crippen molar-refractivity contribution in [2.24, 2.45) is 0 Å². The molecule has 9 heteroatoms. The SMILES string of the molecule is Cl.O=C(NCCc1ccccc1[N+](=O)[O-])C1CC(F)(F)CN1. The molecule has 1 amide bonds. The molecule has 1 aliphatic rings. The summed E-state index contributed by atoms with van der Waals surface area (Å²) in [6, 6.07) is 5.31. The van der Waals surface area contributed by atoms with Gasteiger partial charge >= 0.3 is 0 Å². The summed E-state index contributed by atoms with van der Waals surface area (Å²) in [5.74, 6) is -3.37. The molecule has 22 heavy (non-hydrogen) atoms. The van der Waals surface area contributed by atoms with E-state index in [0.29, 0.717) is 5.56 Å². The summed E-state index contributed by atoms with van der Waals surface area (Å²) < 4.78 is 25.9. The van der Waals surface area contributed by atoms with Crippen LogP contribution in [0.25, 0.3) is 0 Å². The molecule has 1 atom stereocenters. The fraction of sp³-hybridized carbons (Fsp3) is 0.462. The fourth-order valence-electron chi connectivity index (χ4n) is 2.24. The number of carbonyl (C=O) groups excluding carboxylic acids is 1. The standard InChI is InChI=1S/C13H15F2N3O3.ClH/c14-13(15)7-10(17-8-13)12(19)16-6-5-9-3-1-2-4-11(9)18(20)21;/h1-4,10,17H,5-8H2,(H,16,19);1H. The maximum atomic E-state index is 13.0. The topological polar surface area (TPSA) is 84.3 Å². The van der Waals surface area contributed by atoms with Gasteiger partial charge in [-0.2, -0.15) is 0 Å². The first-order valence-electron chi connectivity index (χ1n) is 6.50. The number of carbonyl (C=O) groups is 1. The van der Waals surface area contributed by atoms with E-state index in [4.69, 9.17) is 0 Å². The number of amides is 1. The monoisotopic (exact) mass is 335 g/mol. The third kappa shape index (κ3) is 4.60. The third-order valence-corrected chi connectivity index (χ3v) is 3.31. The second-order valence-corrected chi connectivity index (χ2v) is 4.92. The highest BCUT2D eigenvalue weighted by atomic mass is 35.5. The van der Waals surface area contributed by atoms with Crippen molar-refractivity contribution in [2.45, 2.75) is 24.8 Å². The van der Waals surface area contributed by atoms with E-state index in [-0.39, 0.29) is 31.1 Å². The van der Waals surface area contributed by atoms with Gasteiger partial charge in [0, 0.05) is 24.6 Å². The van der Waals surface area contributed by atoms with Crippen molar-refractivity contribution in [3.05, 3.63) is 39.9 Å². The van der Waals surface area contributed by atoms with Gasteiger partial charge in [-0.1, -0.05) is 18.2 Å². The van der Waals surface area contributed by atoms with Crippen molar-refractivity contribution in [2.75, 3.05) is 13.1 Å². The lowest BCUT2D eigenvalue weighted by Crippen LogP contribution is -2.41. The van der Waals surface area contributed by atoms with Crippen LogP contribution < -0.4 is 10.6 Å². The second kappa shape index (κ2) is 7.46. The Labute approximate surface area is 131 Å². The first kappa shape index (κ1) is 18.2. The lowest BCUT2D eigenvalue weighted by Gasteiger charge is -2.11. The predicted molar refractivity (Wildman–Crippen MR) is 78.4 cm³/mol. The van der Waals surface area contributed by atoms with Gasteiger partial charge in [0.15, 0.2) is 0 Å². The van der Waals surface area contributed by atoms with Crippen LogP contribution in [-0.2, 0) is 11.2 Å². The predicted octanol–water partition coefficient (Wildman–Crippen LogP) is 1.67. The number of hydrogen-bond acceptors (Lipinski definition) is 4. The second-order valence-electron chi connectivity index (χ2n) is 4.92. The van der Waals surface area contributed by atoms with E-state index in [9.17, 15) is 23.7 Å². The summed E-state index contributed by atoms with van der Waals surface area (Å²) >= 11 is 0. The summed E-state index contributed by atoms with van der Waals surface area (Å²) in [6.45, 7) is -0.345. The van der Waals surface area contributed by atoms with Gasteiger partial charge in [0.1, 0.15) is 0 Å². The molecule has 1 heterocycles. The molecule has 1 unspecified atom stereocenters. The Morgan fingerprint density at radius 2 is 2.14 bits per heavy atom. The molecule has 2 N–H and O–H groups in total. The summed E-state index contributed by atoms with van der Waals surface area (Å²) in [4.78, 5) is 22.0. The van der Waals surface area contributed by atoms with Crippen LogP contribution >= 0.6 is 12.4 Å². The average molecular weight is 336 g/mol. The normalized spacial score (nSPS) is 19.3. The number of halogens is 3. The zero-order valence-electron chi connectivity index (χ0n) is 11.6. The molecule has 122 valence electrons. The molecular formula is C13H16ClF2N3O3. The molecule has 1 aromatic rings. The van der Waals surface area contributed by atoms with Crippen molar-refractivity contribution in [3.8, 4) is 0 Å².